The Balaban J connectivity index is 1.59. The Labute approximate surface area is 181 Å². The minimum absolute atomic E-state index is 0.0564. The van der Waals surface area contributed by atoms with Gasteiger partial charge >= 0.3 is 0 Å². The smallest absolute Gasteiger partial charge is 0.258 e. The Morgan fingerprint density at radius 3 is 2.87 bits per heavy atom. The van der Waals surface area contributed by atoms with Gasteiger partial charge in [0.25, 0.3) is 5.56 Å². The highest BCUT2D eigenvalue weighted by Gasteiger charge is 2.36. The number of ether oxygens (including phenoxy) is 1. The zero-order valence-corrected chi connectivity index (χ0v) is 18.3. The standard InChI is InChI=1S/C23H30N6O2/c1-15-7-9-28(10-8-15)21(22-25-26-27-29(22)14-18-4-3-11-31-18)19-13-17-12-16(2)5-6-20(17)24-23(19)30/h5-6,12-13,15,18,21H,3-4,7-11,14H2,1-2H3,(H,24,30)/p+1/t18-,21+/m0/s1. The van der Waals surface area contributed by atoms with E-state index in [4.69, 9.17) is 4.74 Å². The molecule has 0 bridgehead atoms. The molecule has 2 fully saturated rings. The van der Waals surface area contributed by atoms with Gasteiger partial charge in [-0.2, -0.15) is 0 Å². The molecule has 2 N–H and O–H groups in total. The molecule has 5 rings (SSSR count). The zero-order chi connectivity index (χ0) is 21.4. The van der Waals surface area contributed by atoms with Crippen molar-refractivity contribution in [1.82, 2.24) is 25.2 Å². The number of hydrogen-bond acceptors (Lipinski definition) is 5. The van der Waals surface area contributed by atoms with Crippen molar-refractivity contribution in [1.29, 1.82) is 0 Å². The van der Waals surface area contributed by atoms with Crippen LogP contribution in [0.15, 0.2) is 29.1 Å². The van der Waals surface area contributed by atoms with Gasteiger partial charge in [-0.3, -0.25) is 4.79 Å². The first-order valence-corrected chi connectivity index (χ1v) is 11.4. The SMILES string of the molecule is Cc1ccc2[nH]c(=O)c([C@H](c3nnnn3C[C@@H]3CCCO3)[NH+]3CCC(C)CC3)cc2c1. The van der Waals surface area contributed by atoms with Gasteiger partial charge < -0.3 is 14.6 Å². The van der Waals surface area contributed by atoms with Crippen molar-refractivity contribution in [3.63, 3.8) is 0 Å². The molecule has 8 heteroatoms. The lowest BCUT2D eigenvalue weighted by Gasteiger charge is -2.33. The second-order valence-electron chi connectivity index (χ2n) is 9.27. The molecule has 2 atom stereocenters. The second-order valence-corrected chi connectivity index (χ2v) is 9.27. The number of pyridine rings is 1. The summed E-state index contributed by atoms with van der Waals surface area (Å²) in [6, 6.07) is 7.96. The maximum absolute atomic E-state index is 13.2. The van der Waals surface area contributed by atoms with Gasteiger partial charge in [0.2, 0.25) is 5.82 Å². The topological polar surface area (TPSA) is 90.1 Å². The molecule has 2 saturated heterocycles. The van der Waals surface area contributed by atoms with E-state index in [2.05, 4.69) is 40.4 Å². The first kappa shape index (κ1) is 20.3. The van der Waals surface area contributed by atoms with Crippen LogP contribution in [0.4, 0.5) is 0 Å². The van der Waals surface area contributed by atoms with Crippen molar-refractivity contribution >= 4 is 10.9 Å². The van der Waals surface area contributed by atoms with Gasteiger partial charge in [0.05, 0.1) is 31.3 Å². The molecule has 4 heterocycles. The number of H-pyrrole nitrogens is 1. The fourth-order valence-corrected chi connectivity index (χ4v) is 5.05. The van der Waals surface area contributed by atoms with Crippen molar-refractivity contribution < 1.29 is 9.64 Å². The van der Waals surface area contributed by atoms with Crippen LogP contribution in [0.1, 0.15) is 55.6 Å². The van der Waals surface area contributed by atoms with Crippen molar-refractivity contribution in [2.45, 2.75) is 58.2 Å². The lowest BCUT2D eigenvalue weighted by atomic mass is 9.95. The molecule has 2 aromatic heterocycles. The largest absolute Gasteiger partial charge is 0.376 e. The Morgan fingerprint density at radius 1 is 1.26 bits per heavy atom. The highest BCUT2D eigenvalue weighted by atomic mass is 16.5. The quantitative estimate of drug-likeness (QED) is 0.648. The second kappa shape index (κ2) is 8.51. The van der Waals surface area contributed by atoms with E-state index in [1.165, 1.54) is 10.5 Å². The van der Waals surface area contributed by atoms with Gasteiger partial charge in [-0.15, -0.1) is 5.10 Å². The summed E-state index contributed by atoms with van der Waals surface area (Å²) in [6.45, 7) is 7.81. The molecule has 2 aliphatic heterocycles. The predicted molar refractivity (Wildman–Crippen MR) is 117 cm³/mol. The molecule has 2 aliphatic rings. The summed E-state index contributed by atoms with van der Waals surface area (Å²) in [7, 11) is 0. The molecule has 3 aromatic rings. The fourth-order valence-electron chi connectivity index (χ4n) is 5.05. The van der Waals surface area contributed by atoms with Gasteiger partial charge in [0, 0.05) is 12.1 Å². The number of piperidine rings is 1. The number of nitrogens with zero attached hydrogens (tertiary/aromatic N) is 4. The van der Waals surface area contributed by atoms with Crippen molar-refractivity contribution in [3.05, 3.63) is 51.6 Å². The van der Waals surface area contributed by atoms with Crippen molar-refractivity contribution in [2.24, 2.45) is 5.92 Å². The van der Waals surface area contributed by atoms with Crippen molar-refractivity contribution in [3.8, 4) is 0 Å². The number of rotatable bonds is 5. The maximum atomic E-state index is 13.2. The van der Waals surface area contributed by atoms with Crippen LogP contribution in [-0.2, 0) is 11.3 Å². The summed E-state index contributed by atoms with van der Waals surface area (Å²) in [6.07, 6.45) is 4.52. The molecule has 0 spiro atoms. The molecule has 0 saturated carbocycles. The molecule has 0 aliphatic carbocycles. The summed E-state index contributed by atoms with van der Waals surface area (Å²) < 4.78 is 7.70. The van der Waals surface area contributed by atoms with Gasteiger partial charge in [-0.05, 0) is 72.5 Å². The van der Waals surface area contributed by atoms with Gasteiger partial charge in [-0.25, -0.2) is 4.68 Å². The maximum Gasteiger partial charge on any atom is 0.258 e. The van der Waals surface area contributed by atoms with E-state index >= 15 is 0 Å². The Bertz CT molecular complexity index is 1110. The van der Waals surface area contributed by atoms with Crippen LogP contribution in [0.2, 0.25) is 0 Å². The highest BCUT2D eigenvalue weighted by molar-refractivity contribution is 5.79. The van der Waals surface area contributed by atoms with Crippen LogP contribution in [0.3, 0.4) is 0 Å². The van der Waals surface area contributed by atoms with Gasteiger partial charge in [0.1, 0.15) is 0 Å². The Kier molecular flexibility index (Phi) is 5.58. The molecule has 0 amide bonds. The van der Waals surface area contributed by atoms with E-state index in [0.29, 0.717) is 12.5 Å². The number of fused-ring (bicyclic) bond motifs is 1. The van der Waals surface area contributed by atoms with Crippen LogP contribution >= 0.6 is 0 Å². The molecule has 31 heavy (non-hydrogen) atoms. The van der Waals surface area contributed by atoms with Crippen molar-refractivity contribution in [2.75, 3.05) is 19.7 Å². The molecule has 1 aromatic carbocycles. The van der Waals surface area contributed by atoms with E-state index in [-0.39, 0.29) is 17.7 Å². The van der Waals surface area contributed by atoms with Crippen LogP contribution in [-0.4, -0.2) is 51.0 Å². The highest BCUT2D eigenvalue weighted by Crippen LogP contribution is 2.22. The average molecular weight is 424 g/mol. The number of quaternary nitrogens is 1. The third kappa shape index (κ3) is 4.14. The Morgan fingerprint density at radius 2 is 2.10 bits per heavy atom. The number of likely N-dealkylation sites (tertiary alicyclic amines) is 1. The van der Waals surface area contributed by atoms with Crippen LogP contribution in [0, 0.1) is 12.8 Å². The van der Waals surface area contributed by atoms with Crippen LogP contribution < -0.4 is 10.5 Å². The van der Waals surface area contributed by atoms with E-state index < -0.39 is 0 Å². The summed E-state index contributed by atoms with van der Waals surface area (Å²) in [5, 5.41) is 13.8. The summed E-state index contributed by atoms with van der Waals surface area (Å²) in [5.41, 5.74) is 2.72. The molecule has 0 radical (unpaired) electrons. The number of aromatic amines is 1. The number of tetrazole rings is 1. The van der Waals surface area contributed by atoms with E-state index in [1.54, 1.807) is 0 Å². The number of hydrogen-bond donors (Lipinski definition) is 2. The molecule has 164 valence electrons. The fraction of sp³-hybridized carbons (Fsp3) is 0.565. The van der Waals surface area contributed by atoms with E-state index in [0.717, 1.165) is 67.7 Å². The average Bonchev–Trinajstić information content (AvgIpc) is 3.43. The first-order valence-electron chi connectivity index (χ1n) is 11.4. The number of benzene rings is 1. The molecule has 0 unspecified atom stereocenters. The van der Waals surface area contributed by atoms with Crippen LogP contribution in [0.5, 0.6) is 0 Å². The number of nitrogens with one attached hydrogen (secondary N) is 2. The first-order chi connectivity index (χ1) is 15.1. The third-order valence-corrected chi connectivity index (χ3v) is 6.88. The Hall–Kier alpha value is -2.58. The summed E-state index contributed by atoms with van der Waals surface area (Å²) in [4.78, 5) is 17.7. The van der Waals surface area contributed by atoms with Gasteiger partial charge in [-0.1, -0.05) is 18.6 Å². The third-order valence-electron chi connectivity index (χ3n) is 6.88. The lowest BCUT2D eigenvalue weighted by Crippen LogP contribution is -3.13. The predicted octanol–water partition coefficient (Wildman–Crippen LogP) is 1.41. The molecule has 8 nitrogen and oxygen atoms in total. The molecular weight excluding hydrogens is 392 g/mol. The number of aryl methyl sites for hydroxylation is 1. The number of aromatic nitrogens is 5. The normalized spacial score (nSPS) is 25.2. The van der Waals surface area contributed by atoms with Gasteiger partial charge in [0.15, 0.2) is 6.04 Å². The monoisotopic (exact) mass is 423 g/mol. The minimum Gasteiger partial charge on any atom is -0.376 e. The zero-order valence-electron chi connectivity index (χ0n) is 18.3. The van der Waals surface area contributed by atoms with E-state index in [9.17, 15) is 4.79 Å². The molecular formula is C23H31N6O2+. The minimum atomic E-state index is -0.197. The lowest BCUT2D eigenvalue weighted by molar-refractivity contribution is -0.932. The summed E-state index contributed by atoms with van der Waals surface area (Å²) >= 11 is 0. The van der Waals surface area contributed by atoms with E-state index in [1.807, 2.05) is 22.9 Å². The summed E-state index contributed by atoms with van der Waals surface area (Å²) in [5.74, 6) is 1.47. The van der Waals surface area contributed by atoms with Crippen LogP contribution in [0.25, 0.3) is 10.9 Å².